The Morgan fingerprint density at radius 1 is 1.22 bits per heavy atom. The van der Waals surface area contributed by atoms with Crippen molar-refractivity contribution in [1.82, 2.24) is 15.1 Å². The number of benzene rings is 1. The van der Waals surface area contributed by atoms with E-state index in [9.17, 15) is 4.79 Å². The van der Waals surface area contributed by atoms with Crippen molar-refractivity contribution in [3.63, 3.8) is 0 Å². The van der Waals surface area contributed by atoms with Crippen LogP contribution in [-0.4, -0.2) is 61.5 Å². The number of carbonyl (C=O) groups excluding carboxylic acids is 1. The van der Waals surface area contributed by atoms with Crippen LogP contribution in [-0.2, 0) is 11.2 Å². The van der Waals surface area contributed by atoms with Gasteiger partial charge in [-0.15, -0.1) is 0 Å². The number of amides is 1. The van der Waals surface area contributed by atoms with Crippen LogP contribution in [0.2, 0.25) is 0 Å². The number of nitrogens with one attached hydrogen (secondary N) is 1. The van der Waals surface area contributed by atoms with Gasteiger partial charge in [0, 0.05) is 39.3 Å². The molecule has 0 radical (unpaired) electrons. The molecular formula is C19H29N3O. The van der Waals surface area contributed by atoms with Crippen LogP contribution in [0.25, 0.3) is 0 Å². The van der Waals surface area contributed by atoms with Crippen molar-refractivity contribution in [2.24, 2.45) is 5.41 Å². The van der Waals surface area contributed by atoms with Gasteiger partial charge in [-0.2, -0.15) is 0 Å². The van der Waals surface area contributed by atoms with Gasteiger partial charge >= 0.3 is 0 Å². The van der Waals surface area contributed by atoms with Crippen molar-refractivity contribution in [2.45, 2.75) is 26.7 Å². The molecule has 1 unspecified atom stereocenters. The van der Waals surface area contributed by atoms with E-state index in [-0.39, 0.29) is 5.91 Å². The lowest BCUT2D eigenvalue weighted by Crippen LogP contribution is -2.51. The zero-order chi connectivity index (χ0) is 16.3. The maximum Gasteiger partial charge on any atom is 0.227 e. The number of rotatable bonds is 4. The summed E-state index contributed by atoms with van der Waals surface area (Å²) in [5.74, 6) is 0.271. The molecule has 2 aliphatic heterocycles. The van der Waals surface area contributed by atoms with Gasteiger partial charge in [-0.3, -0.25) is 9.69 Å². The fourth-order valence-corrected chi connectivity index (χ4v) is 3.78. The van der Waals surface area contributed by atoms with Gasteiger partial charge in [0.2, 0.25) is 5.91 Å². The lowest BCUT2D eigenvalue weighted by atomic mass is 9.89. The minimum Gasteiger partial charge on any atom is -0.340 e. The highest BCUT2D eigenvalue weighted by Gasteiger charge is 2.32. The summed E-state index contributed by atoms with van der Waals surface area (Å²) in [6.45, 7) is 11.6. The highest BCUT2D eigenvalue weighted by Crippen LogP contribution is 2.26. The Morgan fingerprint density at radius 2 is 1.96 bits per heavy atom. The first kappa shape index (κ1) is 16.5. The van der Waals surface area contributed by atoms with E-state index in [1.54, 1.807) is 0 Å². The monoisotopic (exact) mass is 315 g/mol. The van der Waals surface area contributed by atoms with E-state index in [0.29, 0.717) is 11.8 Å². The molecule has 1 aromatic rings. The predicted molar refractivity (Wildman–Crippen MR) is 93.5 cm³/mol. The number of hydrogen-bond donors (Lipinski definition) is 1. The van der Waals surface area contributed by atoms with Gasteiger partial charge in [-0.25, -0.2) is 0 Å². The molecule has 2 fully saturated rings. The Kier molecular flexibility index (Phi) is 5.02. The lowest BCUT2D eigenvalue weighted by molar-refractivity contribution is -0.132. The normalized spacial score (nSPS) is 25.7. The van der Waals surface area contributed by atoms with Crippen molar-refractivity contribution in [2.75, 3.05) is 45.8 Å². The van der Waals surface area contributed by atoms with E-state index in [2.05, 4.69) is 36.2 Å². The van der Waals surface area contributed by atoms with E-state index in [0.717, 1.165) is 51.4 Å². The summed E-state index contributed by atoms with van der Waals surface area (Å²) in [6, 6.07) is 8.19. The molecule has 2 aliphatic rings. The Bertz CT molecular complexity index is 543. The molecule has 126 valence electrons. The second kappa shape index (κ2) is 7.02. The molecule has 1 aromatic carbocycles. The Hall–Kier alpha value is -1.39. The fraction of sp³-hybridized carbons (Fsp3) is 0.632. The maximum absolute atomic E-state index is 12.5. The average Bonchev–Trinajstić information content (AvgIpc) is 2.96. The Balaban J connectivity index is 1.48. The fourth-order valence-electron chi connectivity index (χ4n) is 3.78. The van der Waals surface area contributed by atoms with Gasteiger partial charge < -0.3 is 10.2 Å². The molecule has 0 saturated carbocycles. The first-order valence-corrected chi connectivity index (χ1v) is 8.81. The Morgan fingerprint density at radius 3 is 2.61 bits per heavy atom. The van der Waals surface area contributed by atoms with E-state index in [4.69, 9.17) is 0 Å². The van der Waals surface area contributed by atoms with Crippen LogP contribution in [0, 0.1) is 12.3 Å². The summed E-state index contributed by atoms with van der Waals surface area (Å²) < 4.78 is 0. The molecule has 1 N–H and O–H groups in total. The highest BCUT2D eigenvalue weighted by atomic mass is 16.2. The summed E-state index contributed by atoms with van der Waals surface area (Å²) in [7, 11) is 0. The summed E-state index contributed by atoms with van der Waals surface area (Å²) in [5.41, 5.74) is 2.78. The molecule has 23 heavy (non-hydrogen) atoms. The number of piperazine rings is 1. The van der Waals surface area contributed by atoms with Crippen LogP contribution >= 0.6 is 0 Å². The van der Waals surface area contributed by atoms with Gasteiger partial charge in [0.1, 0.15) is 0 Å². The zero-order valence-corrected chi connectivity index (χ0v) is 14.5. The van der Waals surface area contributed by atoms with Crippen LogP contribution in [0.1, 0.15) is 24.5 Å². The van der Waals surface area contributed by atoms with Gasteiger partial charge in [0.05, 0.1) is 6.42 Å². The summed E-state index contributed by atoms with van der Waals surface area (Å²) >= 11 is 0. The van der Waals surface area contributed by atoms with E-state index in [1.165, 1.54) is 12.0 Å². The highest BCUT2D eigenvalue weighted by molar-refractivity contribution is 5.79. The molecule has 2 saturated heterocycles. The number of hydrogen-bond acceptors (Lipinski definition) is 3. The van der Waals surface area contributed by atoms with Crippen LogP contribution in [0.15, 0.2) is 24.3 Å². The molecule has 1 amide bonds. The molecule has 0 aliphatic carbocycles. The van der Waals surface area contributed by atoms with Gasteiger partial charge in [0.25, 0.3) is 0 Å². The smallest absolute Gasteiger partial charge is 0.227 e. The topological polar surface area (TPSA) is 35.6 Å². The second-order valence-corrected chi connectivity index (χ2v) is 7.50. The molecule has 3 rings (SSSR count). The van der Waals surface area contributed by atoms with Gasteiger partial charge in [0.15, 0.2) is 0 Å². The number of aryl methyl sites for hydroxylation is 1. The molecule has 2 heterocycles. The zero-order valence-electron chi connectivity index (χ0n) is 14.5. The van der Waals surface area contributed by atoms with Crippen LogP contribution in [0.3, 0.4) is 0 Å². The summed E-state index contributed by atoms with van der Waals surface area (Å²) in [6.07, 6.45) is 1.80. The van der Waals surface area contributed by atoms with Crippen molar-refractivity contribution in [3.8, 4) is 0 Å². The standard InChI is InChI=1S/C19H29N3O/c1-16-5-3-4-6-17(16)13-18(23)22-11-9-21(10-12-22)15-19(2)7-8-20-14-19/h3-6,20H,7-15H2,1-2H3. The predicted octanol–water partition coefficient (Wildman–Crippen LogP) is 1.68. The Labute approximate surface area is 139 Å². The van der Waals surface area contributed by atoms with E-state index >= 15 is 0 Å². The van der Waals surface area contributed by atoms with E-state index in [1.807, 2.05) is 17.0 Å². The van der Waals surface area contributed by atoms with Crippen LogP contribution < -0.4 is 5.32 Å². The second-order valence-electron chi connectivity index (χ2n) is 7.50. The van der Waals surface area contributed by atoms with Crippen molar-refractivity contribution in [3.05, 3.63) is 35.4 Å². The lowest BCUT2D eigenvalue weighted by Gasteiger charge is -2.38. The molecule has 4 nitrogen and oxygen atoms in total. The maximum atomic E-state index is 12.5. The SMILES string of the molecule is Cc1ccccc1CC(=O)N1CCN(CC2(C)CCNC2)CC1. The third-order valence-electron chi connectivity index (χ3n) is 5.39. The van der Waals surface area contributed by atoms with E-state index < -0.39 is 0 Å². The molecule has 4 heteroatoms. The first-order chi connectivity index (χ1) is 11.1. The quantitative estimate of drug-likeness (QED) is 0.918. The van der Waals surface area contributed by atoms with Crippen molar-refractivity contribution in [1.29, 1.82) is 0 Å². The third kappa shape index (κ3) is 4.12. The van der Waals surface area contributed by atoms with Gasteiger partial charge in [-0.05, 0) is 36.4 Å². The minimum atomic E-state index is 0.271. The number of nitrogens with zero attached hydrogens (tertiary/aromatic N) is 2. The average molecular weight is 315 g/mol. The molecule has 0 spiro atoms. The van der Waals surface area contributed by atoms with Crippen LogP contribution in [0.5, 0.6) is 0 Å². The largest absolute Gasteiger partial charge is 0.340 e. The van der Waals surface area contributed by atoms with Gasteiger partial charge in [-0.1, -0.05) is 31.2 Å². The van der Waals surface area contributed by atoms with Crippen LogP contribution in [0.4, 0.5) is 0 Å². The summed E-state index contributed by atoms with van der Waals surface area (Å²) in [4.78, 5) is 17.1. The molecule has 0 aromatic heterocycles. The minimum absolute atomic E-state index is 0.271. The van der Waals surface area contributed by atoms with Crippen molar-refractivity contribution >= 4 is 5.91 Å². The number of carbonyl (C=O) groups is 1. The molecule has 0 bridgehead atoms. The molecule has 1 atom stereocenters. The van der Waals surface area contributed by atoms with Crippen molar-refractivity contribution < 1.29 is 4.79 Å². The molecular weight excluding hydrogens is 286 g/mol. The third-order valence-corrected chi connectivity index (χ3v) is 5.39. The summed E-state index contributed by atoms with van der Waals surface area (Å²) in [5, 5.41) is 3.47. The first-order valence-electron chi connectivity index (χ1n) is 8.81.